The SMILES string of the molecule is CCN1CCC[C@H]1CNC(=O)c1cc(Cl)cc(Cl)c1OC. The van der Waals surface area contributed by atoms with Gasteiger partial charge in [0.25, 0.3) is 5.91 Å². The first-order chi connectivity index (χ1) is 10.1. The molecule has 1 amide bonds. The highest BCUT2D eigenvalue weighted by Crippen LogP contribution is 2.32. The summed E-state index contributed by atoms with van der Waals surface area (Å²) in [7, 11) is 1.49. The molecule has 1 aromatic rings. The molecule has 116 valence electrons. The van der Waals surface area contributed by atoms with E-state index in [0.717, 1.165) is 19.5 Å². The molecule has 0 radical (unpaired) electrons. The topological polar surface area (TPSA) is 41.6 Å². The van der Waals surface area contributed by atoms with E-state index in [0.29, 0.717) is 33.9 Å². The Morgan fingerprint density at radius 1 is 1.48 bits per heavy atom. The van der Waals surface area contributed by atoms with Gasteiger partial charge in [-0.3, -0.25) is 9.69 Å². The van der Waals surface area contributed by atoms with E-state index in [1.165, 1.54) is 13.5 Å². The molecule has 0 aromatic heterocycles. The van der Waals surface area contributed by atoms with Gasteiger partial charge in [-0.2, -0.15) is 0 Å². The largest absolute Gasteiger partial charge is 0.494 e. The van der Waals surface area contributed by atoms with Crippen LogP contribution in [0.3, 0.4) is 0 Å². The lowest BCUT2D eigenvalue weighted by molar-refractivity contribution is 0.0938. The molecule has 1 aliphatic rings. The second-order valence-corrected chi connectivity index (χ2v) is 5.95. The number of nitrogens with zero attached hydrogens (tertiary/aromatic N) is 1. The summed E-state index contributed by atoms with van der Waals surface area (Å²) >= 11 is 12.0. The monoisotopic (exact) mass is 330 g/mol. The molecule has 4 nitrogen and oxygen atoms in total. The number of amides is 1. The molecule has 0 aliphatic carbocycles. The van der Waals surface area contributed by atoms with Gasteiger partial charge in [0.15, 0.2) is 0 Å². The quantitative estimate of drug-likeness (QED) is 0.901. The Morgan fingerprint density at radius 2 is 2.24 bits per heavy atom. The van der Waals surface area contributed by atoms with Crippen LogP contribution in [-0.4, -0.2) is 43.6 Å². The Bertz CT molecular complexity index is 523. The molecule has 1 saturated heterocycles. The van der Waals surface area contributed by atoms with Crippen LogP contribution in [0.1, 0.15) is 30.1 Å². The highest BCUT2D eigenvalue weighted by molar-refractivity contribution is 6.36. The first-order valence-electron chi connectivity index (χ1n) is 7.12. The minimum Gasteiger partial charge on any atom is -0.494 e. The lowest BCUT2D eigenvalue weighted by atomic mass is 10.1. The molecule has 1 aromatic carbocycles. The maximum absolute atomic E-state index is 12.4. The zero-order valence-corrected chi connectivity index (χ0v) is 13.8. The molecule has 6 heteroatoms. The van der Waals surface area contributed by atoms with Crippen LogP contribution in [-0.2, 0) is 0 Å². The van der Waals surface area contributed by atoms with Crippen molar-refractivity contribution in [1.29, 1.82) is 0 Å². The van der Waals surface area contributed by atoms with Crippen LogP contribution in [0.15, 0.2) is 12.1 Å². The van der Waals surface area contributed by atoms with Crippen molar-refractivity contribution in [2.75, 3.05) is 26.7 Å². The van der Waals surface area contributed by atoms with Crippen LogP contribution in [0.5, 0.6) is 5.75 Å². The fraction of sp³-hybridized carbons (Fsp3) is 0.533. The number of carbonyl (C=O) groups excluding carboxylic acids is 1. The minimum atomic E-state index is -0.209. The third-order valence-electron chi connectivity index (χ3n) is 3.86. The minimum absolute atomic E-state index is 0.209. The predicted octanol–water partition coefficient (Wildman–Crippen LogP) is 3.22. The van der Waals surface area contributed by atoms with Crippen molar-refractivity contribution in [2.45, 2.75) is 25.8 Å². The number of hydrogen-bond acceptors (Lipinski definition) is 3. The van der Waals surface area contributed by atoms with Crippen LogP contribution in [0.4, 0.5) is 0 Å². The fourth-order valence-electron chi connectivity index (χ4n) is 2.78. The Balaban J connectivity index is 2.07. The maximum atomic E-state index is 12.4. The number of methoxy groups -OCH3 is 1. The molecule has 0 unspecified atom stereocenters. The van der Waals surface area contributed by atoms with Gasteiger partial charge in [-0.1, -0.05) is 30.1 Å². The van der Waals surface area contributed by atoms with E-state index < -0.39 is 0 Å². The summed E-state index contributed by atoms with van der Waals surface area (Å²) in [5.41, 5.74) is 0.371. The predicted molar refractivity (Wildman–Crippen MR) is 85.6 cm³/mol. The number of hydrogen-bond donors (Lipinski definition) is 1. The number of nitrogens with one attached hydrogen (secondary N) is 1. The summed E-state index contributed by atoms with van der Waals surface area (Å²) in [4.78, 5) is 14.7. The van der Waals surface area contributed by atoms with E-state index in [-0.39, 0.29) is 5.91 Å². The van der Waals surface area contributed by atoms with Gasteiger partial charge in [0.05, 0.1) is 17.7 Å². The second kappa shape index (κ2) is 7.34. The van der Waals surface area contributed by atoms with Crippen molar-refractivity contribution in [3.63, 3.8) is 0 Å². The number of benzene rings is 1. The molecule has 0 saturated carbocycles. The van der Waals surface area contributed by atoms with Gasteiger partial charge in [-0.15, -0.1) is 0 Å². The van der Waals surface area contributed by atoms with E-state index in [4.69, 9.17) is 27.9 Å². The van der Waals surface area contributed by atoms with E-state index in [2.05, 4.69) is 17.1 Å². The van der Waals surface area contributed by atoms with E-state index in [1.807, 2.05) is 0 Å². The zero-order chi connectivity index (χ0) is 15.4. The van der Waals surface area contributed by atoms with Crippen molar-refractivity contribution in [3.8, 4) is 5.75 Å². The molecular weight excluding hydrogens is 311 g/mol. The standard InChI is InChI=1S/C15H20Cl2N2O2/c1-3-19-6-4-5-11(19)9-18-15(20)12-7-10(16)8-13(17)14(12)21-2/h7-8,11H,3-6,9H2,1-2H3,(H,18,20)/t11-/m0/s1. The summed E-state index contributed by atoms with van der Waals surface area (Å²) in [5.74, 6) is 0.150. The lowest BCUT2D eigenvalue weighted by Crippen LogP contribution is -2.40. The number of rotatable bonds is 5. The van der Waals surface area contributed by atoms with Gasteiger partial charge < -0.3 is 10.1 Å². The van der Waals surface area contributed by atoms with Gasteiger partial charge in [-0.25, -0.2) is 0 Å². The number of halogens is 2. The van der Waals surface area contributed by atoms with Crippen LogP contribution in [0.25, 0.3) is 0 Å². The summed E-state index contributed by atoms with van der Waals surface area (Å²) in [5, 5.41) is 3.71. The van der Waals surface area contributed by atoms with Crippen molar-refractivity contribution >= 4 is 29.1 Å². The average molecular weight is 331 g/mol. The first-order valence-corrected chi connectivity index (χ1v) is 7.87. The fourth-order valence-corrected chi connectivity index (χ4v) is 3.36. The molecule has 1 atom stereocenters. The maximum Gasteiger partial charge on any atom is 0.255 e. The number of carbonyl (C=O) groups is 1. The molecule has 1 fully saturated rings. The van der Waals surface area contributed by atoms with Crippen LogP contribution in [0.2, 0.25) is 10.0 Å². The zero-order valence-electron chi connectivity index (χ0n) is 12.3. The van der Waals surface area contributed by atoms with E-state index >= 15 is 0 Å². The molecule has 0 bridgehead atoms. The Labute approximate surface area is 135 Å². The molecule has 0 spiro atoms. The molecule has 2 rings (SSSR count). The third kappa shape index (κ3) is 3.82. The van der Waals surface area contributed by atoms with E-state index in [9.17, 15) is 4.79 Å². The van der Waals surface area contributed by atoms with Gasteiger partial charge in [0.1, 0.15) is 5.75 Å². The molecule has 1 heterocycles. The van der Waals surface area contributed by atoms with Crippen LogP contribution < -0.4 is 10.1 Å². The summed E-state index contributed by atoms with van der Waals surface area (Å²) in [6.45, 7) is 4.87. The summed E-state index contributed by atoms with van der Waals surface area (Å²) in [6.07, 6.45) is 2.29. The Kier molecular flexibility index (Phi) is 5.73. The lowest BCUT2D eigenvalue weighted by Gasteiger charge is -2.23. The molecule has 1 N–H and O–H groups in total. The summed E-state index contributed by atoms with van der Waals surface area (Å²) in [6, 6.07) is 3.54. The van der Waals surface area contributed by atoms with Crippen molar-refractivity contribution in [2.24, 2.45) is 0 Å². The van der Waals surface area contributed by atoms with Crippen molar-refractivity contribution in [3.05, 3.63) is 27.7 Å². The van der Waals surface area contributed by atoms with Gasteiger partial charge >= 0.3 is 0 Å². The van der Waals surface area contributed by atoms with Crippen LogP contribution >= 0.6 is 23.2 Å². The second-order valence-electron chi connectivity index (χ2n) is 5.10. The van der Waals surface area contributed by atoms with Gasteiger partial charge in [0.2, 0.25) is 0 Å². The third-order valence-corrected chi connectivity index (χ3v) is 4.36. The number of ether oxygens (including phenoxy) is 1. The highest BCUT2D eigenvalue weighted by Gasteiger charge is 2.24. The normalized spacial score (nSPS) is 18.8. The Hall–Kier alpha value is -0.970. The number of likely N-dealkylation sites (tertiary alicyclic amines) is 1. The number of likely N-dealkylation sites (N-methyl/N-ethyl adjacent to an activating group) is 1. The van der Waals surface area contributed by atoms with Gasteiger partial charge in [0, 0.05) is 17.6 Å². The molecular formula is C15H20Cl2N2O2. The molecule has 21 heavy (non-hydrogen) atoms. The van der Waals surface area contributed by atoms with Crippen molar-refractivity contribution in [1.82, 2.24) is 10.2 Å². The smallest absolute Gasteiger partial charge is 0.255 e. The summed E-state index contributed by atoms with van der Waals surface area (Å²) < 4.78 is 5.20. The van der Waals surface area contributed by atoms with Gasteiger partial charge in [-0.05, 0) is 38.1 Å². The first kappa shape index (κ1) is 16.4. The Morgan fingerprint density at radius 3 is 2.90 bits per heavy atom. The highest BCUT2D eigenvalue weighted by atomic mass is 35.5. The van der Waals surface area contributed by atoms with Crippen LogP contribution in [0, 0.1) is 0 Å². The average Bonchev–Trinajstić information content (AvgIpc) is 2.91. The van der Waals surface area contributed by atoms with E-state index in [1.54, 1.807) is 12.1 Å². The van der Waals surface area contributed by atoms with Crippen molar-refractivity contribution < 1.29 is 9.53 Å². The molecule has 1 aliphatic heterocycles.